The Hall–Kier alpha value is -1.27. The van der Waals surface area contributed by atoms with Crippen molar-refractivity contribution in [3.63, 3.8) is 0 Å². The molecule has 3 nitrogen and oxygen atoms in total. The van der Waals surface area contributed by atoms with Crippen LogP contribution < -0.4 is 4.90 Å². The van der Waals surface area contributed by atoms with Crippen molar-refractivity contribution in [2.24, 2.45) is 5.41 Å². The van der Waals surface area contributed by atoms with Crippen LogP contribution in [-0.4, -0.2) is 18.1 Å². The van der Waals surface area contributed by atoms with Crippen molar-refractivity contribution in [3.05, 3.63) is 22.8 Å². The lowest BCUT2D eigenvalue weighted by molar-refractivity contribution is 0.144. The summed E-state index contributed by atoms with van der Waals surface area (Å²) in [5.41, 5.74) is 1.10. The third kappa shape index (κ3) is 2.50. The number of pyridine rings is 1. The van der Waals surface area contributed by atoms with Crippen molar-refractivity contribution in [2.75, 3.05) is 18.0 Å². The van der Waals surface area contributed by atoms with Crippen LogP contribution in [-0.2, 0) is 0 Å². The number of rotatable bonds is 1. The van der Waals surface area contributed by atoms with Crippen molar-refractivity contribution >= 4 is 17.4 Å². The summed E-state index contributed by atoms with van der Waals surface area (Å²) >= 11 is 6.29. The zero-order valence-corrected chi connectivity index (χ0v) is 12.5. The Labute approximate surface area is 125 Å². The molecule has 1 aromatic heterocycles. The summed E-state index contributed by atoms with van der Waals surface area (Å²) in [6.07, 6.45) is 11.1. The summed E-state index contributed by atoms with van der Waals surface area (Å²) in [4.78, 5) is 6.64. The smallest absolute Gasteiger partial charge is 0.148 e. The van der Waals surface area contributed by atoms with Crippen LogP contribution in [0.2, 0.25) is 5.02 Å². The maximum atomic E-state index is 9.06. The minimum absolute atomic E-state index is 0.509. The van der Waals surface area contributed by atoms with Crippen molar-refractivity contribution in [2.45, 2.75) is 44.9 Å². The molecule has 20 heavy (non-hydrogen) atoms. The van der Waals surface area contributed by atoms with Gasteiger partial charge in [-0.3, -0.25) is 0 Å². The van der Waals surface area contributed by atoms with Gasteiger partial charge in [-0.05, 0) is 37.2 Å². The predicted molar refractivity (Wildman–Crippen MR) is 80.9 cm³/mol. The topological polar surface area (TPSA) is 39.9 Å². The van der Waals surface area contributed by atoms with Crippen LogP contribution >= 0.6 is 11.6 Å². The first kappa shape index (κ1) is 13.7. The second kappa shape index (κ2) is 5.61. The van der Waals surface area contributed by atoms with Gasteiger partial charge in [0.15, 0.2) is 0 Å². The van der Waals surface area contributed by atoms with E-state index in [9.17, 15) is 0 Å². The van der Waals surface area contributed by atoms with Crippen LogP contribution in [0.4, 0.5) is 5.82 Å². The number of hydrogen-bond donors (Lipinski definition) is 0. The van der Waals surface area contributed by atoms with Crippen LogP contribution in [0.3, 0.4) is 0 Å². The van der Waals surface area contributed by atoms with Gasteiger partial charge < -0.3 is 4.90 Å². The van der Waals surface area contributed by atoms with Crippen LogP contribution in [0.15, 0.2) is 12.3 Å². The van der Waals surface area contributed by atoms with Gasteiger partial charge in [-0.25, -0.2) is 4.98 Å². The zero-order valence-electron chi connectivity index (χ0n) is 11.7. The quantitative estimate of drug-likeness (QED) is 0.779. The number of nitriles is 1. The fourth-order valence-corrected chi connectivity index (χ4v) is 4.01. The maximum absolute atomic E-state index is 9.06. The first-order chi connectivity index (χ1) is 9.74. The Balaban J connectivity index is 1.74. The van der Waals surface area contributed by atoms with Gasteiger partial charge in [-0.15, -0.1) is 0 Å². The largest absolute Gasteiger partial charge is 0.355 e. The van der Waals surface area contributed by atoms with Gasteiger partial charge in [0.2, 0.25) is 0 Å². The monoisotopic (exact) mass is 289 g/mol. The Morgan fingerprint density at radius 1 is 1.15 bits per heavy atom. The Morgan fingerprint density at radius 3 is 2.50 bits per heavy atom. The van der Waals surface area contributed by atoms with Gasteiger partial charge in [-0.1, -0.05) is 30.9 Å². The van der Waals surface area contributed by atoms with E-state index in [1.54, 1.807) is 12.3 Å². The molecule has 2 heterocycles. The van der Waals surface area contributed by atoms with Crippen molar-refractivity contribution in [1.29, 1.82) is 5.26 Å². The summed E-state index contributed by atoms with van der Waals surface area (Å²) in [5.74, 6) is 0.788. The molecule has 0 unspecified atom stereocenters. The number of aromatic nitrogens is 1. The maximum Gasteiger partial charge on any atom is 0.148 e. The summed E-state index contributed by atoms with van der Waals surface area (Å²) in [5, 5.41) is 9.57. The Bertz CT molecular complexity index is 519. The average Bonchev–Trinajstić information content (AvgIpc) is 2.50. The molecule has 0 amide bonds. The number of piperidine rings is 1. The van der Waals surface area contributed by atoms with Crippen molar-refractivity contribution in [3.8, 4) is 6.07 Å². The van der Waals surface area contributed by atoms with Crippen molar-refractivity contribution < 1.29 is 0 Å². The molecular weight excluding hydrogens is 270 g/mol. The summed E-state index contributed by atoms with van der Waals surface area (Å²) in [7, 11) is 0. The van der Waals surface area contributed by atoms with E-state index in [0.29, 0.717) is 16.0 Å². The molecule has 1 saturated heterocycles. The lowest BCUT2D eigenvalue weighted by Crippen LogP contribution is -2.41. The molecule has 1 aromatic rings. The van der Waals surface area contributed by atoms with Gasteiger partial charge in [0, 0.05) is 19.3 Å². The molecule has 0 bridgehead atoms. The molecule has 0 N–H and O–H groups in total. The lowest BCUT2D eigenvalue weighted by atomic mass is 9.68. The third-order valence-electron chi connectivity index (χ3n) is 5.03. The molecular formula is C16H20ClN3. The molecule has 106 valence electrons. The third-order valence-corrected chi connectivity index (χ3v) is 5.40. The molecule has 2 aliphatic rings. The fourth-order valence-electron chi connectivity index (χ4n) is 3.73. The molecule has 3 rings (SSSR count). The molecule has 1 spiro atoms. The molecule has 0 radical (unpaired) electrons. The van der Waals surface area contributed by atoms with Gasteiger partial charge in [0.25, 0.3) is 0 Å². The first-order valence-electron chi connectivity index (χ1n) is 7.54. The van der Waals surface area contributed by atoms with E-state index < -0.39 is 0 Å². The minimum Gasteiger partial charge on any atom is -0.355 e. The molecule has 1 saturated carbocycles. The lowest BCUT2D eigenvalue weighted by Gasteiger charge is -2.44. The van der Waals surface area contributed by atoms with Crippen LogP contribution in [0.25, 0.3) is 0 Å². The van der Waals surface area contributed by atoms with Crippen LogP contribution in [0.5, 0.6) is 0 Å². The van der Waals surface area contributed by atoms with E-state index in [2.05, 4.69) is 16.0 Å². The molecule has 0 atom stereocenters. The molecule has 1 aliphatic heterocycles. The highest BCUT2D eigenvalue weighted by Crippen LogP contribution is 2.45. The molecule has 1 aliphatic carbocycles. The summed E-state index contributed by atoms with van der Waals surface area (Å²) < 4.78 is 0. The Morgan fingerprint density at radius 2 is 1.85 bits per heavy atom. The SMILES string of the molecule is N#Cc1ccnc(N2CCC3(CCCCC3)CC2)c1Cl. The second-order valence-corrected chi connectivity index (χ2v) is 6.53. The standard InChI is InChI=1S/C16H20ClN3/c17-14-13(12-18)4-9-19-15(14)20-10-7-16(8-11-20)5-2-1-3-6-16/h4,9H,1-3,5-8,10-11H2. The number of anilines is 1. The predicted octanol–water partition coefficient (Wildman–Crippen LogP) is 4.16. The molecule has 4 heteroatoms. The van der Waals surface area contributed by atoms with E-state index in [4.69, 9.17) is 16.9 Å². The van der Waals surface area contributed by atoms with E-state index >= 15 is 0 Å². The highest BCUT2D eigenvalue weighted by molar-refractivity contribution is 6.34. The van der Waals surface area contributed by atoms with E-state index in [1.165, 1.54) is 44.9 Å². The molecule has 2 fully saturated rings. The number of nitrogens with zero attached hydrogens (tertiary/aromatic N) is 3. The zero-order chi connectivity index (χ0) is 14.0. The second-order valence-electron chi connectivity index (χ2n) is 6.16. The number of halogens is 1. The Kier molecular flexibility index (Phi) is 3.85. The molecule has 0 aromatic carbocycles. The average molecular weight is 290 g/mol. The van der Waals surface area contributed by atoms with Gasteiger partial charge in [0.1, 0.15) is 16.9 Å². The fraction of sp³-hybridized carbons (Fsp3) is 0.625. The van der Waals surface area contributed by atoms with Gasteiger partial charge in [0.05, 0.1) is 5.56 Å². The van der Waals surface area contributed by atoms with E-state index in [0.717, 1.165) is 18.9 Å². The van der Waals surface area contributed by atoms with Crippen molar-refractivity contribution in [1.82, 2.24) is 4.98 Å². The minimum atomic E-state index is 0.509. The highest BCUT2D eigenvalue weighted by Gasteiger charge is 2.36. The van der Waals surface area contributed by atoms with Gasteiger partial charge in [-0.2, -0.15) is 5.26 Å². The normalized spacial score (nSPS) is 21.7. The van der Waals surface area contributed by atoms with E-state index in [-0.39, 0.29) is 0 Å². The number of hydrogen-bond acceptors (Lipinski definition) is 3. The highest BCUT2D eigenvalue weighted by atomic mass is 35.5. The summed E-state index contributed by atoms with van der Waals surface area (Å²) in [6.45, 7) is 2.03. The van der Waals surface area contributed by atoms with Gasteiger partial charge >= 0.3 is 0 Å². The van der Waals surface area contributed by atoms with Crippen LogP contribution in [0, 0.1) is 16.7 Å². The van der Waals surface area contributed by atoms with Crippen LogP contribution in [0.1, 0.15) is 50.5 Å². The first-order valence-corrected chi connectivity index (χ1v) is 7.91. The summed E-state index contributed by atoms with van der Waals surface area (Å²) in [6, 6.07) is 3.81. The van der Waals surface area contributed by atoms with E-state index in [1.807, 2.05) is 0 Å².